The Morgan fingerprint density at radius 1 is 1.33 bits per heavy atom. The highest BCUT2D eigenvalue weighted by molar-refractivity contribution is 5.97. The van der Waals surface area contributed by atoms with E-state index in [0.29, 0.717) is 34.8 Å². The fraction of sp³-hybridized carbons (Fsp3) is 0.391. The molecule has 4 aromatic heterocycles. The van der Waals surface area contributed by atoms with Crippen LogP contribution in [0, 0.1) is 5.82 Å². The van der Waals surface area contributed by atoms with Gasteiger partial charge in [0.25, 0.3) is 0 Å². The number of nitrogens with zero attached hydrogens (tertiary/aromatic N) is 5. The molecule has 2 aliphatic rings. The molecule has 0 bridgehead atoms. The van der Waals surface area contributed by atoms with Crippen molar-refractivity contribution < 1.29 is 13.9 Å². The van der Waals surface area contributed by atoms with E-state index < -0.39 is 5.82 Å². The van der Waals surface area contributed by atoms with E-state index in [9.17, 15) is 9.18 Å². The Labute approximate surface area is 189 Å². The average Bonchev–Trinajstić information content (AvgIpc) is 3.51. The molecule has 1 saturated heterocycles. The smallest absolute Gasteiger partial charge is 0.228 e. The zero-order chi connectivity index (χ0) is 22.7. The number of amides is 1. The first-order chi connectivity index (χ1) is 15.9. The quantitative estimate of drug-likeness (QED) is 0.485. The Bertz CT molecular complexity index is 1390. The molecule has 2 N–H and O–H groups in total. The van der Waals surface area contributed by atoms with Crippen molar-refractivity contribution >= 4 is 28.5 Å². The summed E-state index contributed by atoms with van der Waals surface area (Å²) < 4.78 is 21.7. The molecule has 33 heavy (non-hydrogen) atoms. The van der Waals surface area contributed by atoms with Gasteiger partial charge in [-0.25, -0.2) is 9.37 Å². The minimum absolute atomic E-state index is 0.102. The number of aromatic nitrogens is 5. The number of nitrogens with one attached hydrogen (secondary N) is 2. The number of fused-ring (bicyclic) bond motifs is 2. The van der Waals surface area contributed by atoms with Gasteiger partial charge in [0, 0.05) is 60.5 Å². The zero-order valence-corrected chi connectivity index (χ0v) is 18.4. The summed E-state index contributed by atoms with van der Waals surface area (Å²) in [5.74, 6) is 0.708. The number of hydrogen-bond acceptors (Lipinski definition) is 6. The molecule has 4 aromatic rings. The van der Waals surface area contributed by atoms with Gasteiger partial charge < -0.3 is 24.3 Å². The SMILES string of the molecule is COc1nc(N[C@H]2C[C@@](C)(N3CCCC3=O)C2)nc2[nH]cc(-c3cc(F)c4nccn4c3)c12. The van der Waals surface area contributed by atoms with Crippen LogP contribution >= 0.6 is 0 Å². The average molecular weight is 449 g/mol. The van der Waals surface area contributed by atoms with E-state index in [0.717, 1.165) is 31.4 Å². The molecule has 0 radical (unpaired) electrons. The second-order valence-corrected chi connectivity index (χ2v) is 9.11. The van der Waals surface area contributed by atoms with Gasteiger partial charge in [0.1, 0.15) is 5.65 Å². The van der Waals surface area contributed by atoms with Crippen LogP contribution in [0.5, 0.6) is 5.88 Å². The molecule has 1 aliphatic heterocycles. The van der Waals surface area contributed by atoms with Gasteiger partial charge in [-0.1, -0.05) is 0 Å². The fourth-order valence-corrected chi connectivity index (χ4v) is 5.30. The number of carbonyl (C=O) groups excluding carboxylic acids is 1. The number of halogens is 1. The third kappa shape index (κ3) is 3.12. The molecule has 1 aliphatic carbocycles. The molecular formula is C23H24FN7O2. The van der Waals surface area contributed by atoms with Gasteiger partial charge in [-0.05, 0) is 32.3 Å². The maximum atomic E-state index is 14.5. The standard InChI is InChI=1S/C23H24FN7O2/c1-23(31-6-3-4-17(31)32)9-14(10-23)27-22-28-19-18(21(29-22)33-2)15(11-26-19)13-8-16(24)20-25-5-7-30(20)12-13/h5,7-8,11-12,14H,3-4,6,9-10H2,1-2H3,(H2,26,27,28,29)/t14-,23+. The first-order valence-corrected chi connectivity index (χ1v) is 11.1. The molecule has 2 fully saturated rings. The van der Waals surface area contributed by atoms with Crippen molar-refractivity contribution in [3.8, 4) is 17.0 Å². The number of methoxy groups -OCH3 is 1. The molecule has 1 saturated carbocycles. The van der Waals surface area contributed by atoms with Gasteiger partial charge in [-0.2, -0.15) is 9.97 Å². The van der Waals surface area contributed by atoms with E-state index in [1.54, 1.807) is 30.1 Å². The van der Waals surface area contributed by atoms with Crippen LogP contribution in [0.4, 0.5) is 10.3 Å². The van der Waals surface area contributed by atoms with Crippen molar-refractivity contribution in [2.24, 2.45) is 0 Å². The van der Waals surface area contributed by atoms with Crippen molar-refractivity contribution in [1.29, 1.82) is 0 Å². The predicted molar refractivity (Wildman–Crippen MR) is 121 cm³/mol. The monoisotopic (exact) mass is 449 g/mol. The van der Waals surface area contributed by atoms with Crippen LogP contribution in [0.2, 0.25) is 0 Å². The number of carbonyl (C=O) groups is 1. The van der Waals surface area contributed by atoms with Gasteiger partial charge in [0.2, 0.25) is 17.7 Å². The summed E-state index contributed by atoms with van der Waals surface area (Å²) >= 11 is 0. The lowest BCUT2D eigenvalue weighted by molar-refractivity contribution is -0.136. The molecular weight excluding hydrogens is 425 g/mol. The summed E-state index contributed by atoms with van der Waals surface area (Å²) in [7, 11) is 1.56. The van der Waals surface area contributed by atoms with Crippen molar-refractivity contribution in [2.75, 3.05) is 19.0 Å². The Hall–Kier alpha value is -3.69. The van der Waals surface area contributed by atoms with E-state index in [1.165, 1.54) is 6.07 Å². The number of pyridine rings is 1. The Morgan fingerprint density at radius 3 is 2.94 bits per heavy atom. The number of hydrogen-bond donors (Lipinski definition) is 2. The van der Waals surface area contributed by atoms with Gasteiger partial charge in [-0.15, -0.1) is 0 Å². The van der Waals surface area contributed by atoms with E-state index in [-0.39, 0.29) is 23.1 Å². The molecule has 0 atom stereocenters. The fourth-order valence-electron chi connectivity index (χ4n) is 5.30. The van der Waals surface area contributed by atoms with E-state index >= 15 is 0 Å². The molecule has 0 spiro atoms. The first kappa shape index (κ1) is 20.0. The summed E-state index contributed by atoms with van der Waals surface area (Å²) in [4.78, 5) is 30.6. The number of anilines is 1. The number of aromatic amines is 1. The van der Waals surface area contributed by atoms with Crippen molar-refractivity contribution in [3.63, 3.8) is 0 Å². The van der Waals surface area contributed by atoms with Gasteiger partial charge in [0.15, 0.2) is 11.5 Å². The van der Waals surface area contributed by atoms with Crippen LogP contribution in [0.25, 0.3) is 27.8 Å². The van der Waals surface area contributed by atoms with Crippen molar-refractivity contribution in [1.82, 2.24) is 29.2 Å². The predicted octanol–water partition coefficient (Wildman–Crippen LogP) is 3.38. The highest BCUT2D eigenvalue weighted by atomic mass is 19.1. The summed E-state index contributed by atoms with van der Waals surface area (Å²) in [6, 6.07) is 1.63. The topological polar surface area (TPSA) is 100 Å². The molecule has 0 unspecified atom stereocenters. The van der Waals surface area contributed by atoms with Crippen LogP contribution in [0.1, 0.15) is 32.6 Å². The van der Waals surface area contributed by atoms with Gasteiger partial charge in [0.05, 0.1) is 12.5 Å². The molecule has 6 rings (SSSR count). The van der Waals surface area contributed by atoms with Crippen LogP contribution in [-0.4, -0.2) is 60.4 Å². The highest BCUT2D eigenvalue weighted by Crippen LogP contribution is 2.41. The highest BCUT2D eigenvalue weighted by Gasteiger charge is 2.48. The van der Waals surface area contributed by atoms with Crippen LogP contribution in [0.15, 0.2) is 30.9 Å². The van der Waals surface area contributed by atoms with Crippen LogP contribution < -0.4 is 10.1 Å². The lowest BCUT2D eigenvalue weighted by Gasteiger charge is -2.51. The summed E-state index contributed by atoms with van der Waals surface area (Å²) in [5.41, 5.74) is 2.18. The normalized spacial score (nSPS) is 22.8. The summed E-state index contributed by atoms with van der Waals surface area (Å²) in [6.07, 6.45) is 10.1. The number of imidazole rings is 1. The summed E-state index contributed by atoms with van der Waals surface area (Å²) in [6.45, 7) is 2.99. The van der Waals surface area contributed by atoms with Crippen molar-refractivity contribution in [3.05, 3.63) is 36.7 Å². The Morgan fingerprint density at radius 2 is 2.18 bits per heavy atom. The lowest BCUT2D eigenvalue weighted by atomic mass is 9.73. The van der Waals surface area contributed by atoms with E-state index in [2.05, 4.69) is 32.2 Å². The molecule has 0 aromatic carbocycles. The lowest BCUT2D eigenvalue weighted by Crippen LogP contribution is -2.59. The minimum atomic E-state index is -0.408. The molecule has 1 amide bonds. The first-order valence-electron chi connectivity index (χ1n) is 11.1. The molecule has 5 heterocycles. The number of likely N-dealkylation sites (tertiary alicyclic amines) is 1. The Balaban J connectivity index is 1.29. The summed E-state index contributed by atoms with van der Waals surface area (Å²) in [5, 5.41) is 4.07. The van der Waals surface area contributed by atoms with E-state index in [1.807, 2.05) is 11.1 Å². The van der Waals surface area contributed by atoms with Crippen LogP contribution in [0.3, 0.4) is 0 Å². The third-order valence-corrected chi connectivity index (χ3v) is 6.88. The third-order valence-electron chi connectivity index (χ3n) is 6.88. The number of rotatable bonds is 5. The maximum absolute atomic E-state index is 14.5. The Kier molecular flexibility index (Phi) is 4.33. The largest absolute Gasteiger partial charge is 0.480 e. The zero-order valence-electron chi connectivity index (χ0n) is 18.4. The molecule has 10 heteroatoms. The van der Waals surface area contributed by atoms with Gasteiger partial charge in [-0.3, -0.25) is 4.79 Å². The second kappa shape index (κ2) is 7.16. The molecule has 170 valence electrons. The van der Waals surface area contributed by atoms with Gasteiger partial charge >= 0.3 is 0 Å². The second-order valence-electron chi connectivity index (χ2n) is 9.11. The maximum Gasteiger partial charge on any atom is 0.228 e. The van der Waals surface area contributed by atoms with Crippen molar-refractivity contribution in [2.45, 2.75) is 44.2 Å². The number of H-pyrrole nitrogens is 1. The minimum Gasteiger partial charge on any atom is -0.480 e. The van der Waals surface area contributed by atoms with E-state index in [4.69, 9.17) is 4.74 Å². The molecule has 9 nitrogen and oxygen atoms in total. The van der Waals surface area contributed by atoms with Crippen LogP contribution in [-0.2, 0) is 4.79 Å². The number of ether oxygens (including phenoxy) is 1.